The van der Waals surface area contributed by atoms with Gasteiger partial charge in [0.1, 0.15) is 17.5 Å². The number of hydrogen-bond donors (Lipinski definition) is 1. The standard InChI is InChI=1S/C22H25N3O4/c1-4-12-28-19-14-17(27-3)10-11-18(19)21(26)23-15(2)22-24-20(25-29-22)13-16-8-6-5-7-9-16/h5-11,14-15H,4,12-13H2,1-3H3,(H,23,26). The Balaban J connectivity index is 1.69. The first-order valence-electron chi connectivity index (χ1n) is 9.58. The molecule has 0 fully saturated rings. The van der Waals surface area contributed by atoms with E-state index in [-0.39, 0.29) is 5.91 Å². The molecule has 0 aliphatic rings. The fraction of sp³-hybridized carbons (Fsp3) is 0.318. The van der Waals surface area contributed by atoms with Crippen molar-refractivity contribution in [3.8, 4) is 11.5 Å². The third kappa shape index (κ3) is 5.34. The number of aromatic nitrogens is 2. The van der Waals surface area contributed by atoms with Crippen molar-refractivity contribution < 1.29 is 18.8 Å². The monoisotopic (exact) mass is 395 g/mol. The number of amides is 1. The number of hydrogen-bond acceptors (Lipinski definition) is 6. The summed E-state index contributed by atoms with van der Waals surface area (Å²) in [6.45, 7) is 4.31. The van der Waals surface area contributed by atoms with Crippen LogP contribution in [0, 0.1) is 0 Å². The number of nitrogens with zero attached hydrogens (tertiary/aromatic N) is 2. The third-order valence-corrected chi connectivity index (χ3v) is 4.30. The molecule has 1 atom stereocenters. The zero-order chi connectivity index (χ0) is 20.6. The summed E-state index contributed by atoms with van der Waals surface area (Å²) in [5.41, 5.74) is 1.52. The number of benzene rings is 2. The van der Waals surface area contributed by atoms with Gasteiger partial charge in [0.05, 0.1) is 19.3 Å². The van der Waals surface area contributed by atoms with Crippen molar-refractivity contribution in [2.24, 2.45) is 0 Å². The molecule has 0 aliphatic heterocycles. The van der Waals surface area contributed by atoms with E-state index in [1.165, 1.54) is 0 Å². The molecule has 29 heavy (non-hydrogen) atoms. The highest BCUT2D eigenvalue weighted by Gasteiger charge is 2.20. The van der Waals surface area contributed by atoms with Crippen LogP contribution in [0.5, 0.6) is 11.5 Å². The molecule has 0 bridgehead atoms. The summed E-state index contributed by atoms with van der Waals surface area (Å²) in [5.74, 6) is 1.75. The molecule has 3 aromatic rings. The Hall–Kier alpha value is -3.35. The minimum atomic E-state index is -0.444. The fourth-order valence-corrected chi connectivity index (χ4v) is 2.78. The largest absolute Gasteiger partial charge is 0.497 e. The van der Waals surface area contributed by atoms with E-state index in [0.29, 0.717) is 41.8 Å². The quantitative estimate of drug-likeness (QED) is 0.590. The lowest BCUT2D eigenvalue weighted by atomic mass is 10.1. The van der Waals surface area contributed by atoms with Gasteiger partial charge >= 0.3 is 0 Å². The molecule has 0 aliphatic carbocycles. The Morgan fingerprint density at radius 2 is 2.00 bits per heavy atom. The van der Waals surface area contributed by atoms with Crippen LogP contribution in [0.1, 0.15) is 53.9 Å². The highest BCUT2D eigenvalue weighted by molar-refractivity contribution is 5.97. The molecule has 2 aromatic carbocycles. The number of ether oxygens (including phenoxy) is 2. The highest BCUT2D eigenvalue weighted by atomic mass is 16.5. The molecule has 1 heterocycles. The zero-order valence-corrected chi connectivity index (χ0v) is 16.8. The van der Waals surface area contributed by atoms with Crippen molar-refractivity contribution in [2.45, 2.75) is 32.7 Å². The minimum absolute atomic E-state index is 0.283. The average molecular weight is 395 g/mol. The van der Waals surface area contributed by atoms with Gasteiger partial charge in [-0.2, -0.15) is 4.98 Å². The smallest absolute Gasteiger partial charge is 0.255 e. The number of nitrogens with one attached hydrogen (secondary N) is 1. The van der Waals surface area contributed by atoms with E-state index in [0.717, 1.165) is 12.0 Å². The topological polar surface area (TPSA) is 86.5 Å². The molecule has 7 nitrogen and oxygen atoms in total. The first kappa shape index (κ1) is 20.4. The molecular weight excluding hydrogens is 370 g/mol. The van der Waals surface area contributed by atoms with E-state index in [2.05, 4.69) is 15.5 Å². The second-order valence-corrected chi connectivity index (χ2v) is 6.62. The van der Waals surface area contributed by atoms with Crippen molar-refractivity contribution in [2.75, 3.05) is 13.7 Å². The summed E-state index contributed by atoms with van der Waals surface area (Å²) in [5, 5.41) is 6.90. The lowest BCUT2D eigenvalue weighted by Gasteiger charge is -2.14. The Kier molecular flexibility index (Phi) is 6.84. The van der Waals surface area contributed by atoms with Crippen LogP contribution in [0.3, 0.4) is 0 Å². The summed E-state index contributed by atoms with van der Waals surface area (Å²) in [7, 11) is 1.57. The van der Waals surface area contributed by atoms with E-state index in [4.69, 9.17) is 14.0 Å². The number of methoxy groups -OCH3 is 1. The van der Waals surface area contributed by atoms with Gasteiger partial charge < -0.3 is 19.3 Å². The first-order valence-corrected chi connectivity index (χ1v) is 9.58. The van der Waals surface area contributed by atoms with Gasteiger partial charge in [-0.05, 0) is 31.0 Å². The Labute approximate surface area is 170 Å². The predicted molar refractivity (Wildman–Crippen MR) is 108 cm³/mol. The van der Waals surface area contributed by atoms with Gasteiger partial charge in [-0.25, -0.2) is 0 Å². The van der Waals surface area contributed by atoms with Gasteiger partial charge in [-0.15, -0.1) is 0 Å². The van der Waals surface area contributed by atoms with Crippen molar-refractivity contribution in [1.82, 2.24) is 15.5 Å². The maximum absolute atomic E-state index is 12.8. The zero-order valence-electron chi connectivity index (χ0n) is 16.8. The van der Waals surface area contributed by atoms with Crippen LogP contribution in [0.25, 0.3) is 0 Å². The second-order valence-electron chi connectivity index (χ2n) is 6.62. The third-order valence-electron chi connectivity index (χ3n) is 4.30. The SMILES string of the molecule is CCCOc1cc(OC)ccc1C(=O)NC(C)c1nc(Cc2ccccc2)no1. The molecule has 152 valence electrons. The molecule has 0 saturated heterocycles. The summed E-state index contributed by atoms with van der Waals surface area (Å²) >= 11 is 0. The van der Waals surface area contributed by atoms with E-state index in [1.54, 1.807) is 32.2 Å². The predicted octanol–water partition coefficient (Wildman–Crippen LogP) is 3.95. The maximum atomic E-state index is 12.8. The van der Waals surface area contributed by atoms with Crippen molar-refractivity contribution in [3.05, 3.63) is 71.4 Å². The summed E-state index contributed by atoms with van der Waals surface area (Å²) in [4.78, 5) is 17.2. The van der Waals surface area contributed by atoms with E-state index >= 15 is 0 Å². The van der Waals surface area contributed by atoms with Gasteiger partial charge in [0.25, 0.3) is 5.91 Å². The summed E-state index contributed by atoms with van der Waals surface area (Å²) < 4.78 is 16.3. The Morgan fingerprint density at radius 1 is 1.21 bits per heavy atom. The van der Waals surface area contributed by atoms with E-state index in [1.807, 2.05) is 37.3 Å². The number of carbonyl (C=O) groups excluding carboxylic acids is 1. The minimum Gasteiger partial charge on any atom is -0.497 e. The first-order chi connectivity index (χ1) is 14.1. The van der Waals surface area contributed by atoms with Crippen LogP contribution in [0.15, 0.2) is 53.1 Å². The molecule has 3 rings (SSSR count). The van der Waals surface area contributed by atoms with Crippen LogP contribution in [0.2, 0.25) is 0 Å². The average Bonchev–Trinajstić information content (AvgIpc) is 3.21. The van der Waals surface area contributed by atoms with Crippen molar-refractivity contribution in [1.29, 1.82) is 0 Å². The molecule has 1 unspecified atom stereocenters. The molecule has 1 N–H and O–H groups in total. The van der Waals surface area contributed by atoms with Crippen molar-refractivity contribution >= 4 is 5.91 Å². The molecule has 0 spiro atoms. The lowest BCUT2D eigenvalue weighted by Crippen LogP contribution is -2.27. The van der Waals surface area contributed by atoms with E-state index in [9.17, 15) is 4.79 Å². The summed E-state index contributed by atoms with van der Waals surface area (Å²) in [6, 6.07) is 14.6. The van der Waals surface area contributed by atoms with Crippen LogP contribution in [-0.2, 0) is 6.42 Å². The second kappa shape index (κ2) is 9.73. The van der Waals surface area contributed by atoms with Gasteiger partial charge in [-0.1, -0.05) is 42.4 Å². The van der Waals surface area contributed by atoms with Gasteiger partial charge in [-0.3, -0.25) is 4.79 Å². The van der Waals surface area contributed by atoms with E-state index < -0.39 is 6.04 Å². The molecule has 0 saturated carbocycles. The highest BCUT2D eigenvalue weighted by Crippen LogP contribution is 2.26. The molecule has 1 amide bonds. The van der Waals surface area contributed by atoms with Gasteiger partial charge in [0, 0.05) is 12.5 Å². The number of rotatable bonds is 9. The Bertz CT molecular complexity index is 940. The van der Waals surface area contributed by atoms with Crippen LogP contribution in [-0.4, -0.2) is 29.8 Å². The van der Waals surface area contributed by atoms with Crippen LogP contribution < -0.4 is 14.8 Å². The molecule has 7 heteroatoms. The molecule has 1 aromatic heterocycles. The normalized spacial score (nSPS) is 11.7. The van der Waals surface area contributed by atoms with Crippen molar-refractivity contribution in [3.63, 3.8) is 0 Å². The maximum Gasteiger partial charge on any atom is 0.255 e. The van der Waals surface area contributed by atoms with Gasteiger partial charge in [0.2, 0.25) is 5.89 Å². The van der Waals surface area contributed by atoms with Crippen LogP contribution >= 0.6 is 0 Å². The Morgan fingerprint density at radius 3 is 2.72 bits per heavy atom. The molecule has 0 radical (unpaired) electrons. The summed E-state index contributed by atoms with van der Waals surface area (Å²) in [6.07, 6.45) is 1.40. The van der Waals surface area contributed by atoms with Crippen LogP contribution in [0.4, 0.5) is 0 Å². The van der Waals surface area contributed by atoms with Gasteiger partial charge in [0.15, 0.2) is 5.82 Å². The fourth-order valence-electron chi connectivity index (χ4n) is 2.78. The molecular formula is C22H25N3O4. The lowest BCUT2D eigenvalue weighted by molar-refractivity contribution is 0.0928. The number of carbonyl (C=O) groups is 1.